The summed E-state index contributed by atoms with van der Waals surface area (Å²) in [5.74, 6) is 1.53. The SMILES string of the molecule is COc1cccc(CC(C2CCN(C(=O)c3cc4nc(C)cc(C)n4n3)CC2)N(C)C(=O)C2CC2)c1. The van der Waals surface area contributed by atoms with E-state index in [4.69, 9.17) is 4.74 Å². The fraction of sp³-hybridized carbons (Fsp3) is 0.500. The number of carbonyl (C=O) groups excluding carboxylic acids is 2. The maximum atomic E-state index is 13.3. The van der Waals surface area contributed by atoms with Crippen molar-refractivity contribution in [2.24, 2.45) is 11.8 Å². The van der Waals surface area contributed by atoms with Crippen molar-refractivity contribution in [2.45, 2.75) is 52.0 Å². The molecule has 0 spiro atoms. The van der Waals surface area contributed by atoms with Crippen LogP contribution in [0.15, 0.2) is 36.4 Å². The van der Waals surface area contributed by atoms with Gasteiger partial charge in [0.1, 0.15) is 5.75 Å². The molecule has 3 aromatic rings. The zero-order valence-electron chi connectivity index (χ0n) is 21.6. The summed E-state index contributed by atoms with van der Waals surface area (Å²) in [4.78, 5) is 34.7. The number of amides is 2. The largest absolute Gasteiger partial charge is 0.497 e. The average Bonchev–Trinajstić information content (AvgIpc) is 3.65. The highest BCUT2D eigenvalue weighted by Crippen LogP contribution is 2.34. The van der Waals surface area contributed by atoms with Crippen LogP contribution >= 0.6 is 0 Å². The highest BCUT2D eigenvalue weighted by Gasteiger charge is 2.38. The number of piperidine rings is 1. The minimum atomic E-state index is -0.0530. The number of ether oxygens (including phenoxy) is 1. The molecule has 36 heavy (non-hydrogen) atoms. The Balaban J connectivity index is 1.30. The van der Waals surface area contributed by atoms with Crippen molar-refractivity contribution in [1.82, 2.24) is 24.4 Å². The lowest BCUT2D eigenvalue weighted by Crippen LogP contribution is -2.48. The first-order chi connectivity index (χ1) is 17.3. The van der Waals surface area contributed by atoms with E-state index in [0.717, 1.165) is 54.8 Å². The number of aromatic nitrogens is 3. The van der Waals surface area contributed by atoms with Crippen molar-refractivity contribution in [2.75, 3.05) is 27.2 Å². The Morgan fingerprint density at radius 1 is 1.11 bits per heavy atom. The highest BCUT2D eigenvalue weighted by atomic mass is 16.5. The van der Waals surface area contributed by atoms with Crippen molar-refractivity contribution in [3.05, 3.63) is 59.0 Å². The molecule has 3 heterocycles. The molecule has 1 saturated heterocycles. The van der Waals surface area contributed by atoms with Gasteiger partial charge in [-0.05, 0) is 75.6 Å². The van der Waals surface area contributed by atoms with Crippen LogP contribution in [0.5, 0.6) is 5.75 Å². The third-order valence-corrected chi connectivity index (χ3v) is 7.67. The summed E-state index contributed by atoms with van der Waals surface area (Å²) in [5.41, 5.74) is 4.16. The van der Waals surface area contributed by atoms with E-state index >= 15 is 0 Å². The van der Waals surface area contributed by atoms with Gasteiger partial charge in [-0.25, -0.2) is 9.50 Å². The second-order valence-corrected chi connectivity index (χ2v) is 10.3. The normalized spacial score (nSPS) is 17.3. The van der Waals surface area contributed by atoms with Crippen molar-refractivity contribution in [1.29, 1.82) is 0 Å². The van der Waals surface area contributed by atoms with Gasteiger partial charge in [0.05, 0.1) is 7.11 Å². The Hall–Kier alpha value is -3.42. The number of likely N-dealkylation sites (N-methyl/N-ethyl adjacent to an activating group) is 1. The molecule has 2 aromatic heterocycles. The molecule has 8 heteroatoms. The molecular formula is C28H35N5O3. The van der Waals surface area contributed by atoms with E-state index in [-0.39, 0.29) is 23.8 Å². The Morgan fingerprint density at radius 2 is 1.86 bits per heavy atom. The fourth-order valence-electron chi connectivity index (χ4n) is 5.48. The van der Waals surface area contributed by atoms with Crippen molar-refractivity contribution >= 4 is 17.5 Å². The van der Waals surface area contributed by atoms with Gasteiger partial charge in [0.25, 0.3) is 5.91 Å². The second-order valence-electron chi connectivity index (χ2n) is 10.3. The van der Waals surface area contributed by atoms with E-state index in [2.05, 4.69) is 22.2 Å². The molecule has 1 atom stereocenters. The van der Waals surface area contributed by atoms with E-state index < -0.39 is 0 Å². The van der Waals surface area contributed by atoms with E-state index in [9.17, 15) is 9.59 Å². The molecule has 2 amide bonds. The molecule has 0 radical (unpaired) electrons. The number of rotatable bonds is 7. The van der Waals surface area contributed by atoms with Crippen LogP contribution in [0, 0.1) is 25.7 Å². The number of hydrogen-bond donors (Lipinski definition) is 0. The Bertz CT molecular complexity index is 1270. The molecule has 190 valence electrons. The first-order valence-electron chi connectivity index (χ1n) is 12.9. The quantitative estimate of drug-likeness (QED) is 0.506. The lowest BCUT2D eigenvalue weighted by atomic mass is 9.84. The van der Waals surface area contributed by atoms with Gasteiger partial charge in [0.15, 0.2) is 11.3 Å². The van der Waals surface area contributed by atoms with Crippen LogP contribution in [0.3, 0.4) is 0 Å². The molecule has 0 N–H and O–H groups in total. The molecule has 2 aliphatic rings. The molecule has 2 fully saturated rings. The molecule has 8 nitrogen and oxygen atoms in total. The standard InChI is InChI=1S/C28H35N5O3/c1-18-14-19(2)33-26(29-18)17-24(30-33)28(35)32-12-10-21(11-13-32)25(31(3)27(34)22-8-9-22)16-20-6-5-7-23(15-20)36-4/h5-7,14-15,17,21-22,25H,8-13,16H2,1-4H3. The maximum Gasteiger partial charge on any atom is 0.274 e. The first-order valence-corrected chi connectivity index (χ1v) is 12.9. The van der Waals surface area contributed by atoms with Gasteiger partial charge >= 0.3 is 0 Å². The Morgan fingerprint density at radius 3 is 2.56 bits per heavy atom. The van der Waals surface area contributed by atoms with Gasteiger partial charge in [0, 0.05) is 49.6 Å². The summed E-state index contributed by atoms with van der Waals surface area (Å²) in [6.07, 6.45) is 4.48. The van der Waals surface area contributed by atoms with Crippen molar-refractivity contribution in [3.63, 3.8) is 0 Å². The van der Waals surface area contributed by atoms with Gasteiger partial charge in [-0.1, -0.05) is 12.1 Å². The highest BCUT2D eigenvalue weighted by molar-refractivity contribution is 5.93. The molecule has 1 unspecified atom stereocenters. The number of fused-ring (bicyclic) bond motifs is 1. The van der Waals surface area contributed by atoms with Crippen LogP contribution in [-0.2, 0) is 11.2 Å². The lowest BCUT2D eigenvalue weighted by molar-refractivity contribution is -0.134. The summed E-state index contributed by atoms with van der Waals surface area (Å²) in [6, 6.07) is 11.9. The van der Waals surface area contributed by atoms with Crippen LogP contribution in [0.25, 0.3) is 5.65 Å². The number of nitrogens with zero attached hydrogens (tertiary/aromatic N) is 5. The predicted octanol–water partition coefficient (Wildman–Crippen LogP) is 3.69. The van der Waals surface area contributed by atoms with Crippen LogP contribution in [0.2, 0.25) is 0 Å². The van der Waals surface area contributed by atoms with Crippen molar-refractivity contribution < 1.29 is 14.3 Å². The summed E-state index contributed by atoms with van der Waals surface area (Å²) in [5, 5.41) is 4.53. The predicted molar refractivity (Wildman–Crippen MR) is 137 cm³/mol. The molecule has 1 aliphatic carbocycles. The summed E-state index contributed by atoms with van der Waals surface area (Å²) >= 11 is 0. The number of hydrogen-bond acceptors (Lipinski definition) is 5. The number of aryl methyl sites for hydroxylation is 2. The second kappa shape index (κ2) is 9.91. The average molecular weight is 490 g/mol. The van der Waals surface area contributed by atoms with Gasteiger partial charge in [0.2, 0.25) is 5.91 Å². The van der Waals surface area contributed by atoms with Gasteiger partial charge < -0.3 is 14.5 Å². The molecule has 1 saturated carbocycles. The smallest absolute Gasteiger partial charge is 0.274 e. The van der Waals surface area contributed by atoms with E-state index in [1.165, 1.54) is 0 Å². The Labute approximate surface area is 212 Å². The van der Waals surface area contributed by atoms with E-state index in [1.54, 1.807) is 17.7 Å². The molecule has 1 aromatic carbocycles. The van der Waals surface area contributed by atoms with Gasteiger partial charge in [-0.3, -0.25) is 9.59 Å². The van der Waals surface area contributed by atoms with Gasteiger partial charge in [-0.15, -0.1) is 0 Å². The number of methoxy groups -OCH3 is 1. The summed E-state index contributed by atoms with van der Waals surface area (Å²) < 4.78 is 7.15. The number of benzene rings is 1. The maximum absolute atomic E-state index is 13.3. The van der Waals surface area contributed by atoms with Gasteiger partial charge in [-0.2, -0.15) is 5.10 Å². The minimum Gasteiger partial charge on any atom is -0.497 e. The molecular weight excluding hydrogens is 454 g/mol. The summed E-state index contributed by atoms with van der Waals surface area (Å²) in [7, 11) is 3.63. The van der Waals surface area contributed by atoms with Crippen LogP contribution in [0.1, 0.15) is 53.1 Å². The summed E-state index contributed by atoms with van der Waals surface area (Å²) in [6.45, 7) is 5.22. The topological polar surface area (TPSA) is 80.0 Å². The monoisotopic (exact) mass is 489 g/mol. The minimum absolute atomic E-state index is 0.0530. The lowest BCUT2D eigenvalue weighted by Gasteiger charge is -2.40. The van der Waals surface area contributed by atoms with Crippen LogP contribution in [0.4, 0.5) is 0 Å². The van der Waals surface area contributed by atoms with Crippen LogP contribution < -0.4 is 4.74 Å². The fourth-order valence-corrected chi connectivity index (χ4v) is 5.48. The molecule has 5 rings (SSSR count). The Kier molecular flexibility index (Phi) is 6.69. The molecule has 1 aliphatic heterocycles. The molecule has 0 bridgehead atoms. The third-order valence-electron chi connectivity index (χ3n) is 7.67. The third kappa shape index (κ3) is 4.94. The number of carbonyl (C=O) groups is 2. The van der Waals surface area contributed by atoms with Crippen molar-refractivity contribution in [3.8, 4) is 5.75 Å². The van der Waals surface area contributed by atoms with E-state index in [0.29, 0.717) is 30.3 Å². The zero-order valence-corrected chi connectivity index (χ0v) is 21.6. The zero-order chi connectivity index (χ0) is 25.4. The number of likely N-dealkylation sites (tertiary alicyclic amines) is 1. The first kappa shape index (κ1) is 24.3. The van der Waals surface area contributed by atoms with Crippen LogP contribution in [-0.4, -0.2) is 69.5 Å². The van der Waals surface area contributed by atoms with E-state index in [1.807, 2.05) is 48.9 Å².